The number of aromatic nitrogens is 2. The summed E-state index contributed by atoms with van der Waals surface area (Å²) in [6, 6.07) is 4.45. The average molecular weight is 1430 g/mol. The van der Waals surface area contributed by atoms with Gasteiger partial charge in [-0.1, -0.05) is 65.2 Å². The average Bonchev–Trinajstić information content (AvgIpc) is 1.47. The minimum Gasteiger partial charge on any atom is -0.481 e. The first-order valence-electron chi connectivity index (χ1n) is 35.9. The lowest BCUT2D eigenvalue weighted by molar-refractivity contribution is -0.191. The van der Waals surface area contributed by atoms with E-state index in [4.69, 9.17) is 38.1 Å². The predicted octanol–water partition coefficient (Wildman–Crippen LogP) is 5.99. The second kappa shape index (κ2) is 39.7. The number of nitrogens with zero attached hydrogens (tertiary/aromatic N) is 3. The first kappa shape index (κ1) is 82.4. The molecule has 1 saturated heterocycles. The van der Waals surface area contributed by atoms with E-state index in [9.17, 15) is 62.6 Å². The Morgan fingerprint density at radius 2 is 1.33 bits per heavy atom. The van der Waals surface area contributed by atoms with Crippen LogP contribution in [0.4, 0.5) is 4.79 Å². The van der Waals surface area contributed by atoms with Crippen LogP contribution in [-0.2, 0) is 106 Å². The van der Waals surface area contributed by atoms with Gasteiger partial charge < -0.3 is 79.6 Å². The number of amides is 7. The Morgan fingerprint density at radius 3 is 2.00 bits per heavy atom. The number of nitrogens with one attached hydrogen (secondary N) is 6. The highest BCUT2D eigenvalue weighted by atomic mass is 16.6. The molecule has 0 aliphatic carbocycles. The monoisotopic (exact) mass is 1430 g/mol. The second-order valence-electron chi connectivity index (χ2n) is 28.1. The van der Waals surface area contributed by atoms with Crippen LogP contribution in [0, 0.1) is 5.92 Å². The van der Waals surface area contributed by atoms with Gasteiger partial charge in [0.05, 0.1) is 75.1 Å². The van der Waals surface area contributed by atoms with Gasteiger partial charge in [0, 0.05) is 68.4 Å². The number of carbonyl (C=O) groups is 11. The Balaban J connectivity index is 0.828. The summed E-state index contributed by atoms with van der Waals surface area (Å²) in [5.74, 6) is -7.12. The van der Waals surface area contributed by atoms with Crippen molar-refractivity contribution in [1.29, 1.82) is 0 Å². The summed E-state index contributed by atoms with van der Waals surface area (Å²) < 4.78 is 40.6. The van der Waals surface area contributed by atoms with Crippen LogP contribution in [-0.4, -0.2) is 186 Å². The molecule has 29 nitrogen and oxygen atoms in total. The van der Waals surface area contributed by atoms with Gasteiger partial charge in [0.2, 0.25) is 41.0 Å². The number of esters is 3. The van der Waals surface area contributed by atoms with Crippen molar-refractivity contribution in [1.82, 2.24) is 46.4 Å². The van der Waals surface area contributed by atoms with Crippen LogP contribution in [0.5, 0.6) is 0 Å². The molecule has 0 bridgehead atoms. The van der Waals surface area contributed by atoms with Crippen molar-refractivity contribution in [3.05, 3.63) is 62.9 Å². The van der Waals surface area contributed by atoms with Crippen LogP contribution >= 0.6 is 0 Å². The SMILES string of the molecule is CCc1c2c(nc3ccccc13)-c1cc3c(c(=O)n1C2)COC(=O)[C@@]3(CC)OC(=O)[C@@H](NC(=O)[C@@H]1CCCN1C(=O)[C@H](CC(=O)O)NC(=O)CCOCCOCCOCCNC(=O)CCCC(=O)NCCCC[C@H](NC(=O)OC(C)(C)C)C(=O)NCCCCCCCC(=O)OC(C)(C)C)C(C)C. The smallest absolute Gasteiger partial charge is 0.408 e. The lowest BCUT2D eigenvalue weighted by atomic mass is 9.85. The summed E-state index contributed by atoms with van der Waals surface area (Å²) in [7, 11) is 0. The highest BCUT2D eigenvalue weighted by Gasteiger charge is 2.52. The van der Waals surface area contributed by atoms with E-state index in [0.717, 1.165) is 54.1 Å². The zero-order valence-corrected chi connectivity index (χ0v) is 61.0. The number of cyclic esters (lactones) is 1. The fraction of sp³-hybridized carbons (Fsp3) is 0.658. The van der Waals surface area contributed by atoms with Gasteiger partial charge in [-0.05, 0) is 129 Å². The number of likely N-dealkylation sites (tertiary alicyclic amines) is 1. The maximum Gasteiger partial charge on any atom is 0.408 e. The third-order valence-corrected chi connectivity index (χ3v) is 17.5. The predicted molar refractivity (Wildman–Crippen MR) is 374 cm³/mol. The van der Waals surface area contributed by atoms with E-state index in [1.807, 2.05) is 52.0 Å². The molecule has 3 aromatic rings. The van der Waals surface area contributed by atoms with E-state index in [-0.39, 0.29) is 133 Å². The van der Waals surface area contributed by atoms with Gasteiger partial charge in [-0.15, -0.1) is 0 Å². The molecule has 0 saturated carbocycles. The van der Waals surface area contributed by atoms with E-state index >= 15 is 0 Å². The number of para-hydroxylation sites is 1. The summed E-state index contributed by atoms with van der Waals surface area (Å²) >= 11 is 0. The first-order chi connectivity index (χ1) is 48.5. The zero-order chi connectivity index (χ0) is 74.7. The van der Waals surface area contributed by atoms with Crippen molar-refractivity contribution >= 4 is 76.3 Å². The number of alkyl carbamates (subject to hydrolysis) is 1. The van der Waals surface area contributed by atoms with Crippen molar-refractivity contribution in [3.8, 4) is 11.4 Å². The van der Waals surface area contributed by atoms with E-state index in [1.54, 1.807) is 52.2 Å². The fourth-order valence-corrected chi connectivity index (χ4v) is 12.4. The highest BCUT2D eigenvalue weighted by Crippen LogP contribution is 2.42. The van der Waals surface area contributed by atoms with Crippen molar-refractivity contribution in [2.45, 2.75) is 239 Å². The van der Waals surface area contributed by atoms with Gasteiger partial charge in [-0.25, -0.2) is 19.4 Å². The number of aryl methyl sites for hydroxylation is 1. The molecule has 3 aliphatic rings. The van der Waals surface area contributed by atoms with Gasteiger partial charge in [0.15, 0.2) is 0 Å². The molecule has 5 atom stereocenters. The minimum absolute atomic E-state index is 0.0492. The van der Waals surface area contributed by atoms with Gasteiger partial charge >= 0.3 is 30.0 Å². The van der Waals surface area contributed by atoms with Gasteiger partial charge in [0.1, 0.15) is 42.0 Å². The molecule has 5 heterocycles. The Labute approximate surface area is 596 Å². The van der Waals surface area contributed by atoms with Crippen molar-refractivity contribution in [2.75, 3.05) is 65.8 Å². The van der Waals surface area contributed by atoms with Crippen LogP contribution in [0.25, 0.3) is 22.3 Å². The van der Waals surface area contributed by atoms with Crippen LogP contribution in [0.15, 0.2) is 35.1 Å². The molecule has 564 valence electrons. The van der Waals surface area contributed by atoms with Gasteiger partial charge in [-0.3, -0.25) is 43.2 Å². The molecule has 7 N–H and O–H groups in total. The zero-order valence-electron chi connectivity index (χ0n) is 61.0. The van der Waals surface area contributed by atoms with E-state index in [2.05, 4.69) is 31.9 Å². The number of aliphatic carboxylic acids is 1. The Morgan fingerprint density at radius 1 is 0.696 bits per heavy atom. The summed E-state index contributed by atoms with van der Waals surface area (Å²) in [6.07, 6.45) is 5.80. The van der Waals surface area contributed by atoms with Gasteiger partial charge in [-0.2, -0.15) is 0 Å². The Kier molecular flexibility index (Phi) is 32.1. The van der Waals surface area contributed by atoms with Crippen LogP contribution in [0.1, 0.15) is 201 Å². The normalized spacial score (nSPS) is 16.3. The third-order valence-electron chi connectivity index (χ3n) is 17.5. The molecular weight excluding hydrogens is 1320 g/mol. The van der Waals surface area contributed by atoms with Gasteiger partial charge in [0.25, 0.3) is 5.56 Å². The van der Waals surface area contributed by atoms with Crippen LogP contribution in [0.3, 0.4) is 0 Å². The second-order valence-corrected chi connectivity index (χ2v) is 28.1. The highest BCUT2D eigenvalue weighted by molar-refractivity contribution is 5.97. The summed E-state index contributed by atoms with van der Waals surface area (Å²) in [4.78, 5) is 165. The molecule has 0 unspecified atom stereocenters. The molecule has 1 fully saturated rings. The molecule has 29 heteroatoms. The minimum atomic E-state index is -2.08. The molecule has 1 aromatic carbocycles. The van der Waals surface area contributed by atoms with Crippen molar-refractivity contribution in [2.24, 2.45) is 5.92 Å². The number of hydrogen-bond acceptors (Lipinski definition) is 20. The van der Waals surface area contributed by atoms with Crippen LogP contribution in [0.2, 0.25) is 0 Å². The summed E-state index contributed by atoms with van der Waals surface area (Å²) in [5.41, 5.74) is 0.256. The molecule has 0 spiro atoms. The van der Waals surface area contributed by atoms with E-state index in [1.165, 1.54) is 4.90 Å². The van der Waals surface area contributed by atoms with E-state index < -0.39 is 101 Å². The number of carboxylic acids is 1. The molecular formula is C73H107N9O20. The Hall–Kier alpha value is -8.57. The molecule has 6 rings (SSSR count). The maximum atomic E-state index is 14.4. The number of fused-ring (bicyclic) bond motifs is 5. The van der Waals surface area contributed by atoms with E-state index in [0.29, 0.717) is 69.4 Å². The number of carbonyl (C=O) groups excluding carboxylic acids is 10. The molecule has 2 aromatic heterocycles. The standard InChI is InChI=1S/C73H107N9O20/c1-11-47-48-24-17-18-25-52(48)78-63-49(47)44-82-56(63)42-51-50(66(82)91)45-99-69(94)73(51,12-2)101-68(93)62(46(3)4)80-65(90)55-27-23-35-81(55)67(92)54(43-60(86)87)77-59(85)31-36-96-38-40-98-41-39-97-37-34-75-58(84)29-22-28-57(83)74-32-21-19-26-53(79-70(95)102-72(8,9)10)64(89)76-33-20-15-13-14-16-30-61(88)100-71(5,6)7/h17-18,24-25,42,46,53-55,62H,11-16,19-23,26-41,43-45H2,1-10H3,(H,74,83)(H,75,84)(H,76,89)(H,77,85)(H,79,95)(H,80,90)(H,86,87)/t53-,54-,55-,62-,73-/m0/s1. The van der Waals surface area contributed by atoms with Crippen molar-refractivity contribution in [3.63, 3.8) is 0 Å². The van der Waals surface area contributed by atoms with Crippen molar-refractivity contribution < 1.29 is 91.0 Å². The lowest BCUT2D eigenvalue weighted by Crippen LogP contribution is -2.57. The number of benzene rings is 1. The third kappa shape index (κ3) is 24.9. The molecule has 0 radical (unpaired) electrons. The number of unbranched alkanes of at least 4 members (excludes halogenated alkanes) is 5. The molecule has 3 aliphatic heterocycles. The quantitative estimate of drug-likeness (QED) is 0.0152. The van der Waals surface area contributed by atoms with Crippen LogP contribution < -0.4 is 37.5 Å². The number of carboxylic acid groups (broad SMARTS) is 1. The largest absolute Gasteiger partial charge is 0.481 e. The number of rotatable bonds is 42. The fourth-order valence-electron chi connectivity index (χ4n) is 12.4. The molecule has 7 amide bonds. The summed E-state index contributed by atoms with van der Waals surface area (Å²) in [5, 5.41) is 27.1. The number of ether oxygens (including phenoxy) is 7. The summed E-state index contributed by atoms with van der Waals surface area (Å²) in [6.45, 7) is 19.4. The maximum absolute atomic E-state index is 14.4. The lowest BCUT2D eigenvalue weighted by Gasteiger charge is -2.37. The number of pyridine rings is 2. The molecule has 102 heavy (non-hydrogen) atoms. The topological polar surface area (TPSA) is 383 Å². The number of hydrogen-bond donors (Lipinski definition) is 7. The first-order valence-corrected chi connectivity index (χ1v) is 35.9. The Bertz CT molecular complexity index is 3490.